The molecule has 1 radical (unpaired) electrons. The molecule has 1 aliphatic heterocycles. The van der Waals surface area contributed by atoms with Crippen molar-refractivity contribution in [1.29, 1.82) is 0 Å². The third-order valence-electron chi connectivity index (χ3n) is 9.36. The van der Waals surface area contributed by atoms with E-state index < -0.39 is 0 Å². The summed E-state index contributed by atoms with van der Waals surface area (Å²) in [6.45, 7) is 0.676. The van der Waals surface area contributed by atoms with Crippen LogP contribution in [-0.4, -0.2) is 46.8 Å². The minimum atomic E-state index is 0.205. The van der Waals surface area contributed by atoms with E-state index in [0.717, 1.165) is 43.2 Å². The summed E-state index contributed by atoms with van der Waals surface area (Å²) in [6.07, 6.45) is 26.8. The van der Waals surface area contributed by atoms with Gasteiger partial charge in [0, 0.05) is 26.9 Å². The lowest BCUT2D eigenvalue weighted by atomic mass is 9.54. The Labute approximate surface area is 246 Å². The van der Waals surface area contributed by atoms with Crippen molar-refractivity contribution < 1.29 is 24.1 Å². The van der Waals surface area contributed by atoms with Gasteiger partial charge in [-0.3, -0.25) is 0 Å². The fourth-order valence-electron chi connectivity index (χ4n) is 7.08. The maximum absolute atomic E-state index is 9.42. The highest BCUT2D eigenvalue weighted by atomic mass is 16.7. The zero-order valence-corrected chi connectivity index (χ0v) is 25.8. The van der Waals surface area contributed by atoms with Gasteiger partial charge < -0.3 is 24.1 Å². The summed E-state index contributed by atoms with van der Waals surface area (Å²) >= 11 is 0. The van der Waals surface area contributed by atoms with Gasteiger partial charge in [0.05, 0.1) is 0 Å². The summed E-state index contributed by atoms with van der Waals surface area (Å²) in [4.78, 5) is 0. The monoisotopic (exact) mass is 557 g/mol. The Morgan fingerprint density at radius 2 is 1.38 bits per heavy atom. The maximum atomic E-state index is 9.42. The molecule has 1 heterocycles. The predicted octanol–water partition coefficient (Wildman–Crippen LogP) is 8.92. The molecule has 40 heavy (non-hydrogen) atoms. The minimum absolute atomic E-state index is 0.205. The molecule has 2 aliphatic carbocycles. The highest BCUT2D eigenvalue weighted by Gasteiger charge is 2.26. The molecule has 6 heteroatoms. The molecule has 3 aliphatic rings. The summed E-state index contributed by atoms with van der Waals surface area (Å²) in [5.74, 6) is 4.32. The SMILES string of the molecule is COCOc1ccc(C2CCCC(CO)C2)c(OCOC)c1.[B]1CCCCCCCC1C1CCCCCCCC1. The van der Waals surface area contributed by atoms with Crippen LogP contribution in [0.25, 0.3) is 0 Å². The Bertz CT molecular complexity index is 733. The molecule has 5 nitrogen and oxygen atoms in total. The van der Waals surface area contributed by atoms with E-state index in [1.54, 1.807) is 14.2 Å². The molecule has 4 rings (SSSR count). The molecule has 3 fully saturated rings. The first-order valence-electron chi connectivity index (χ1n) is 16.6. The normalized spacial score (nSPS) is 25.3. The first kappa shape index (κ1) is 33.3. The molecular formula is C34H58BO5. The van der Waals surface area contributed by atoms with Gasteiger partial charge in [-0.25, -0.2) is 0 Å². The lowest BCUT2D eigenvalue weighted by molar-refractivity contribution is 0.0451. The van der Waals surface area contributed by atoms with Crippen LogP contribution in [0.3, 0.4) is 0 Å². The van der Waals surface area contributed by atoms with Gasteiger partial charge in [0.1, 0.15) is 18.8 Å². The van der Waals surface area contributed by atoms with Gasteiger partial charge >= 0.3 is 0 Å². The summed E-state index contributed by atoms with van der Waals surface area (Å²) < 4.78 is 21.2. The molecular weight excluding hydrogens is 499 g/mol. The van der Waals surface area contributed by atoms with E-state index >= 15 is 0 Å². The molecule has 2 saturated carbocycles. The average molecular weight is 558 g/mol. The average Bonchev–Trinajstić information content (AvgIpc) is 3.23. The third kappa shape index (κ3) is 12.3. The molecule has 227 valence electrons. The fraction of sp³-hybridized carbons (Fsp3) is 0.824. The van der Waals surface area contributed by atoms with Crippen LogP contribution in [0.4, 0.5) is 0 Å². The van der Waals surface area contributed by atoms with Crippen molar-refractivity contribution in [3.8, 4) is 11.5 Å². The van der Waals surface area contributed by atoms with Crippen LogP contribution >= 0.6 is 0 Å². The van der Waals surface area contributed by atoms with Crippen molar-refractivity contribution in [2.24, 2.45) is 11.8 Å². The van der Waals surface area contributed by atoms with Crippen LogP contribution < -0.4 is 9.47 Å². The second-order valence-electron chi connectivity index (χ2n) is 12.4. The summed E-state index contributed by atoms with van der Waals surface area (Å²) in [6, 6.07) is 5.88. The largest absolute Gasteiger partial charge is 0.467 e. The Morgan fingerprint density at radius 3 is 2.08 bits per heavy atom. The first-order valence-corrected chi connectivity index (χ1v) is 16.6. The van der Waals surface area contributed by atoms with E-state index in [1.165, 1.54) is 102 Å². The number of hydrogen-bond acceptors (Lipinski definition) is 5. The third-order valence-corrected chi connectivity index (χ3v) is 9.36. The summed E-state index contributed by atoms with van der Waals surface area (Å²) in [5, 5.41) is 9.42. The zero-order chi connectivity index (χ0) is 28.3. The van der Waals surface area contributed by atoms with Gasteiger partial charge in [-0.05, 0) is 48.6 Å². The number of rotatable bonds is 9. The van der Waals surface area contributed by atoms with Crippen LogP contribution in [0.15, 0.2) is 18.2 Å². The highest BCUT2D eigenvalue weighted by molar-refractivity contribution is 6.37. The van der Waals surface area contributed by atoms with Gasteiger partial charge in [0.25, 0.3) is 0 Å². The predicted molar refractivity (Wildman–Crippen MR) is 166 cm³/mol. The van der Waals surface area contributed by atoms with Gasteiger partial charge in [0.2, 0.25) is 0 Å². The number of benzene rings is 1. The molecule has 0 aromatic heterocycles. The lowest BCUT2D eigenvalue weighted by Gasteiger charge is -2.29. The van der Waals surface area contributed by atoms with E-state index in [4.69, 9.17) is 18.9 Å². The molecule has 1 aromatic carbocycles. The van der Waals surface area contributed by atoms with Gasteiger partial charge in [-0.15, -0.1) is 0 Å². The summed E-state index contributed by atoms with van der Waals surface area (Å²) in [5.41, 5.74) is 1.17. The van der Waals surface area contributed by atoms with E-state index in [1.807, 2.05) is 12.1 Å². The van der Waals surface area contributed by atoms with Gasteiger partial charge in [-0.2, -0.15) is 0 Å². The number of ether oxygens (including phenoxy) is 4. The standard InChI is InChI=1S/C17H32B.C17H26O5/c1-2-5-9-13-16(12-8-4-1)17-14-10-6-3-7-11-15-18-17;1-19-11-21-15-6-7-16(17(9-15)22-12-20-2)14-5-3-4-13(8-14)10-18/h16-17H,1-15H2;6-7,9,13-14,18H,3-5,8,10-12H2,1-2H3. The van der Waals surface area contributed by atoms with Crippen LogP contribution in [0.5, 0.6) is 11.5 Å². The van der Waals surface area contributed by atoms with E-state index in [2.05, 4.69) is 13.3 Å². The lowest BCUT2D eigenvalue weighted by Crippen LogP contribution is -2.18. The Balaban J connectivity index is 0.000000225. The molecule has 1 aromatic rings. The van der Waals surface area contributed by atoms with Crippen molar-refractivity contribution in [3.05, 3.63) is 23.8 Å². The molecule has 0 amide bonds. The van der Waals surface area contributed by atoms with E-state index in [0.29, 0.717) is 17.6 Å². The van der Waals surface area contributed by atoms with Crippen molar-refractivity contribution in [2.45, 2.75) is 134 Å². The van der Waals surface area contributed by atoms with Crippen molar-refractivity contribution in [3.63, 3.8) is 0 Å². The Kier molecular flexibility index (Phi) is 17.1. The Morgan fingerprint density at radius 1 is 0.725 bits per heavy atom. The maximum Gasteiger partial charge on any atom is 0.188 e. The zero-order valence-electron chi connectivity index (χ0n) is 25.8. The number of aliphatic hydroxyl groups is 1. The Hall–Kier alpha value is -1.24. The second kappa shape index (κ2) is 20.6. The molecule has 3 unspecified atom stereocenters. The quantitative estimate of drug-likeness (QED) is 0.243. The molecule has 0 spiro atoms. The van der Waals surface area contributed by atoms with Crippen LogP contribution in [-0.2, 0) is 9.47 Å². The smallest absolute Gasteiger partial charge is 0.188 e. The van der Waals surface area contributed by atoms with Gasteiger partial charge in [-0.1, -0.05) is 115 Å². The topological polar surface area (TPSA) is 57.2 Å². The van der Waals surface area contributed by atoms with Gasteiger partial charge in [0.15, 0.2) is 13.6 Å². The first-order chi connectivity index (χ1) is 19.7. The van der Waals surface area contributed by atoms with E-state index in [9.17, 15) is 5.11 Å². The molecule has 1 N–H and O–H groups in total. The number of hydrogen-bond donors (Lipinski definition) is 1. The van der Waals surface area contributed by atoms with Crippen molar-refractivity contribution in [1.82, 2.24) is 0 Å². The minimum Gasteiger partial charge on any atom is -0.467 e. The van der Waals surface area contributed by atoms with E-state index in [-0.39, 0.29) is 20.2 Å². The molecule has 1 saturated heterocycles. The summed E-state index contributed by atoms with van der Waals surface area (Å²) in [7, 11) is 5.93. The van der Waals surface area contributed by atoms with Crippen molar-refractivity contribution in [2.75, 3.05) is 34.4 Å². The molecule has 0 bridgehead atoms. The van der Waals surface area contributed by atoms with Crippen LogP contribution in [0, 0.1) is 11.8 Å². The number of aliphatic hydroxyl groups excluding tert-OH is 1. The number of methoxy groups -OCH3 is 2. The molecule has 3 atom stereocenters. The second-order valence-corrected chi connectivity index (χ2v) is 12.4. The van der Waals surface area contributed by atoms with Crippen LogP contribution in [0.1, 0.15) is 127 Å². The van der Waals surface area contributed by atoms with Crippen LogP contribution in [0.2, 0.25) is 12.1 Å². The fourth-order valence-corrected chi connectivity index (χ4v) is 7.08. The highest BCUT2D eigenvalue weighted by Crippen LogP contribution is 2.41. The van der Waals surface area contributed by atoms with Crippen molar-refractivity contribution >= 4 is 7.28 Å².